The van der Waals surface area contributed by atoms with Crippen LogP contribution in [0.25, 0.3) is 11.4 Å². The van der Waals surface area contributed by atoms with E-state index in [-0.39, 0.29) is 5.54 Å². The molecule has 2 aromatic heterocycles. The van der Waals surface area contributed by atoms with E-state index in [1.165, 1.54) is 0 Å². The lowest BCUT2D eigenvalue weighted by molar-refractivity contribution is 0.362. The third-order valence-electron chi connectivity index (χ3n) is 2.25. The first-order valence-electron chi connectivity index (χ1n) is 5.16. The van der Waals surface area contributed by atoms with Crippen LogP contribution >= 0.6 is 11.3 Å². The van der Waals surface area contributed by atoms with Crippen molar-refractivity contribution in [3.63, 3.8) is 0 Å². The molecule has 0 radical (unpaired) electrons. The molecular weight excluding hydrogens is 220 g/mol. The molecule has 0 bridgehead atoms. The number of aryl methyl sites for hydroxylation is 1. The van der Waals surface area contributed by atoms with Crippen molar-refractivity contribution >= 4 is 17.2 Å². The van der Waals surface area contributed by atoms with Gasteiger partial charge in [0.15, 0.2) is 0 Å². The summed E-state index contributed by atoms with van der Waals surface area (Å²) in [4.78, 5) is 4.40. The molecule has 2 heterocycles. The molecule has 2 N–H and O–H groups in total. The molecule has 0 spiro atoms. The Morgan fingerprint density at radius 3 is 2.44 bits per heavy atom. The van der Waals surface area contributed by atoms with E-state index in [4.69, 9.17) is 5.73 Å². The molecule has 0 aromatic carbocycles. The molecule has 16 heavy (non-hydrogen) atoms. The second-order valence-corrected chi connectivity index (χ2v) is 5.85. The lowest BCUT2D eigenvalue weighted by Gasteiger charge is -2.20. The van der Waals surface area contributed by atoms with Crippen LogP contribution in [-0.2, 0) is 5.54 Å². The smallest absolute Gasteiger partial charge is 0.122 e. The van der Waals surface area contributed by atoms with Crippen molar-refractivity contribution < 1.29 is 0 Å². The van der Waals surface area contributed by atoms with Crippen LogP contribution in [0.1, 0.15) is 25.8 Å². The number of nitrogen functional groups attached to an aromatic ring is 1. The number of hydrogen-bond donors (Lipinski definition) is 1. The number of anilines is 1. The number of nitrogens with zero attached hydrogens (tertiary/aromatic N) is 3. The van der Waals surface area contributed by atoms with Crippen LogP contribution in [0.2, 0.25) is 0 Å². The van der Waals surface area contributed by atoms with Gasteiger partial charge in [0.1, 0.15) is 17.2 Å². The average Bonchev–Trinajstić information content (AvgIpc) is 2.70. The highest BCUT2D eigenvalue weighted by atomic mass is 32.1. The third-order valence-corrected chi connectivity index (χ3v) is 3.03. The topological polar surface area (TPSA) is 56.7 Å². The minimum atomic E-state index is -0.104. The number of hydrogen-bond acceptors (Lipinski definition) is 4. The fraction of sp³-hybridized carbons (Fsp3) is 0.455. The maximum Gasteiger partial charge on any atom is 0.122 e. The highest BCUT2D eigenvalue weighted by Crippen LogP contribution is 2.25. The van der Waals surface area contributed by atoms with E-state index >= 15 is 0 Å². The van der Waals surface area contributed by atoms with Crippen LogP contribution in [0.3, 0.4) is 0 Å². The van der Waals surface area contributed by atoms with Crippen molar-refractivity contribution in [1.82, 2.24) is 14.8 Å². The van der Waals surface area contributed by atoms with Gasteiger partial charge in [-0.15, -0.1) is 11.3 Å². The monoisotopic (exact) mass is 236 g/mol. The highest BCUT2D eigenvalue weighted by Gasteiger charge is 2.19. The average molecular weight is 236 g/mol. The molecule has 0 aliphatic carbocycles. The molecule has 0 fully saturated rings. The molecule has 0 unspecified atom stereocenters. The fourth-order valence-corrected chi connectivity index (χ4v) is 2.15. The fourth-order valence-electron chi connectivity index (χ4n) is 1.54. The van der Waals surface area contributed by atoms with E-state index in [0.717, 1.165) is 16.4 Å². The Kier molecular flexibility index (Phi) is 2.50. The van der Waals surface area contributed by atoms with E-state index in [0.29, 0.717) is 5.82 Å². The van der Waals surface area contributed by atoms with Crippen molar-refractivity contribution in [3.05, 3.63) is 16.5 Å². The molecule has 0 saturated heterocycles. The number of rotatable bonds is 1. The maximum atomic E-state index is 5.95. The van der Waals surface area contributed by atoms with Gasteiger partial charge in [-0.3, -0.25) is 0 Å². The summed E-state index contributed by atoms with van der Waals surface area (Å²) >= 11 is 1.62. The van der Waals surface area contributed by atoms with Crippen LogP contribution in [0, 0.1) is 6.92 Å². The van der Waals surface area contributed by atoms with E-state index < -0.39 is 0 Å². The maximum absolute atomic E-state index is 5.95. The lowest BCUT2D eigenvalue weighted by atomic mass is 10.1. The molecule has 2 rings (SSSR count). The van der Waals surface area contributed by atoms with Crippen molar-refractivity contribution in [2.24, 2.45) is 0 Å². The lowest BCUT2D eigenvalue weighted by Crippen LogP contribution is -2.24. The minimum absolute atomic E-state index is 0.104. The Bertz CT molecular complexity index is 504. The van der Waals surface area contributed by atoms with Gasteiger partial charge in [0.25, 0.3) is 0 Å². The molecule has 0 atom stereocenters. The Morgan fingerprint density at radius 2 is 2.00 bits per heavy atom. The molecule has 0 amide bonds. The quantitative estimate of drug-likeness (QED) is 0.828. The first-order valence-corrected chi connectivity index (χ1v) is 6.04. The van der Waals surface area contributed by atoms with Crippen molar-refractivity contribution in [2.75, 3.05) is 5.73 Å². The first-order chi connectivity index (χ1) is 7.38. The zero-order valence-electron chi connectivity index (χ0n) is 9.98. The largest absolute Gasteiger partial charge is 0.384 e. The SMILES string of the molecule is Cc1nc(-c2cc(N)n(C(C)(C)C)n2)cs1. The van der Waals surface area contributed by atoms with Crippen LogP contribution in [0.5, 0.6) is 0 Å². The summed E-state index contributed by atoms with van der Waals surface area (Å²) in [5.41, 5.74) is 7.59. The van der Waals surface area contributed by atoms with E-state index in [1.807, 2.05) is 23.1 Å². The number of thiazole rings is 1. The molecule has 86 valence electrons. The molecule has 2 aromatic rings. The molecule has 0 aliphatic rings. The molecule has 5 heteroatoms. The van der Waals surface area contributed by atoms with E-state index in [2.05, 4.69) is 30.9 Å². The van der Waals surface area contributed by atoms with Gasteiger partial charge < -0.3 is 5.73 Å². The van der Waals surface area contributed by atoms with E-state index in [9.17, 15) is 0 Å². The summed E-state index contributed by atoms with van der Waals surface area (Å²) in [5.74, 6) is 0.674. The molecular formula is C11H16N4S. The van der Waals surface area contributed by atoms with Gasteiger partial charge in [-0.25, -0.2) is 9.67 Å². The normalized spacial score (nSPS) is 12.0. The Labute approximate surface area is 99.1 Å². The Morgan fingerprint density at radius 1 is 1.31 bits per heavy atom. The van der Waals surface area contributed by atoms with Gasteiger partial charge in [-0.2, -0.15) is 5.10 Å². The van der Waals surface area contributed by atoms with Crippen molar-refractivity contribution in [3.8, 4) is 11.4 Å². The second kappa shape index (κ2) is 3.59. The van der Waals surface area contributed by atoms with Gasteiger partial charge in [-0.1, -0.05) is 0 Å². The number of aromatic nitrogens is 3. The highest BCUT2D eigenvalue weighted by molar-refractivity contribution is 7.09. The summed E-state index contributed by atoms with van der Waals surface area (Å²) in [7, 11) is 0. The zero-order chi connectivity index (χ0) is 11.9. The standard InChI is InChI=1S/C11H16N4S/c1-7-13-9(6-16-7)8-5-10(12)15(14-8)11(2,3)4/h5-6H,12H2,1-4H3. The molecule has 0 aliphatic heterocycles. The summed E-state index contributed by atoms with van der Waals surface area (Å²) < 4.78 is 1.83. The van der Waals surface area contributed by atoms with Gasteiger partial charge in [-0.05, 0) is 27.7 Å². The Hall–Kier alpha value is -1.36. The first kappa shape index (κ1) is 11.1. The zero-order valence-corrected chi connectivity index (χ0v) is 10.8. The van der Waals surface area contributed by atoms with E-state index in [1.54, 1.807) is 11.3 Å². The van der Waals surface area contributed by atoms with Crippen LogP contribution < -0.4 is 5.73 Å². The molecule has 0 saturated carbocycles. The van der Waals surface area contributed by atoms with Crippen LogP contribution in [-0.4, -0.2) is 14.8 Å². The second-order valence-electron chi connectivity index (χ2n) is 4.79. The predicted octanol–water partition coefficient (Wildman–Crippen LogP) is 2.65. The summed E-state index contributed by atoms with van der Waals surface area (Å²) in [5, 5.41) is 7.55. The van der Waals surface area contributed by atoms with Crippen molar-refractivity contribution in [2.45, 2.75) is 33.2 Å². The number of nitrogens with two attached hydrogens (primary N) is 1. The summed E-state index contributed by atoms with van der Waals surface area (Å²) in [6.07, 6.45) is 0. The van der Waals surface area contributed by atoms with Crippen LogP contribution in [0.15, 0.2) is 11.4 Å². The van der Waals surface area contributed by atoms with Crippen molar-refractivity contribution in [1.29, 1.82) is 0 Å². The minimum Gasteiger partial charge on any atom is -0.384 e. The van der Waals surface area contributed by atoms with Gasteiger partial charge >= 0.3 is 0 Å². The van der Waals surface area contributed by atoms with Gasteiger partial charge in [0.2, 0.25) is 0 Å². The van der Waals surface area contributed by atoms with Crippen LogP contribution in [0.4, 0.5) is 5.82 Å². The Balaban J connectivity index is 2.46. The predicted molar refractivity (Wildman–Crippen MR) is 67.5 cm³/mol. The van der Waals surface area contributed by atoms with Gasteiger partial charge in [0.05, 0.1) is 10.5 Å². The third kappa shape index (κ3) is 1.95. The van der Waals surface area contributed by atoms with Gasteiger partial charge in [0, 0.05) is 11.4 Å². The summed E-state index contributed by atoms with van der Waals surface area (Å²) in [6, 6.07) is 1.87. The summed E-state index contributed by atoms with van der Waals surface area (Å²) in [6.45, 7) is 8.21. The molecule has 4 nitrogen and oxygen atoms in total.